The van der Waals surface area contributed by atoms with Crippen LogP contribution in [0.5, 0.6) is 0 Å². The summed E-state index contributed by atoms with van der Waals surface area (Å²) in [6.07, 6.45) is 2.93. The van der Waals surface area contributed by atoms with Gasteiger partial charge in [-0.1, -0.05) is 54.9 Å². The summed E-state index contributed by atoms with van der Waals surface area (Å²) in [6, 6.07) is 14.1. The number of hydrogen-bond donors (Lipinski definition) is 0. The Morgan fingerprint density at radius 2 is 1.77 bits per heavy atom. The van der Waals surface area contributed by atoms with Gasteiger partial charge in [-0.05, 0) is 47.7 Å². The van der Waals surface area contributed by atoms with Gasteiger partial charge in [0.15, 0.2) is 5.78 Å². The first-order chi connectivity index (χ1) is 14.8. The first-order valence-corrected chi connectivity index (χ1v) is 10.5. The van der Waals surface area contributed by atoms with E-state index in [1.54, 1.807) is 57.4 Å². The summed E-state index contributed by atoms with van der Waals surface area (Å²) in [6.45, 7) is 3.44. The van der Waals surface area contributed by atoms with Crippen LogP contribution in [0.25, 0.3) is 11.1 Å². The lowest BCUT2D eigenvalue weighted by molar-refractivity contribution is -0.118. The lowest BCUT2D eigenvalue weighted by atomic mass is 9.96. The molecule has 0 spiro atoms. The zero-order valence-electron chi connectivity index (χ0n) is 17.8. The van der Waals surface area contributed by atoms with Crippen LogP contribution in [0.1, 0.15) is 41.3 Å². The summed E-state index contributed by atoms with van der Waals surface area (Å²) in [5, 5.41) is 0.425. The van der Waals surface area contributed by atoms with Crippen molar-refractivity contribution in [1.29, 1.82) is 0 Å². The highest BCUT2D eigenvalue weighted by atomic mass is 35.5. The largest absolute Gasteiger partial charge is 0.313 e. The van der Waals surface area contributed by atoms with Gasteiger partial charge in [0.2, 0.25) is 5.91 Å². The number of amides is 1. The Morgan fingerprint density at radius 3 is 2.39 bits per heavy atom. The Hall–Kier alpha value is -3.05. The van der Waals surface area contributed by atoms with E-state index in [2.05, 4.69) is 4.98 Å². The van der Waals surface area contributed by atoms with Gasteiger partial charge in [0.05, 0.1) is 5.69 Å². The molecule has 1 aromatic heterocycles. The zero-order valence-corrected chi connectivity index (χ0v) is 18.5. The van der Waals surface area contributed by atoms with E-state index >= 15 is 0 Å². The maximum absolute atomic E-state index is 14.9. The number of ketones is 1. The van der Waals surface area contributed by atoms with Crippen LogP contribution >= 0.6 is 11.6 Å². The molecule has 0 saturated carbocycles. The van der Waals surface area contributed by atoms with Gasteiger partial charge >= 0.3 is 0 Å². The van der Waals surface area contributed by atoms with Gasteiger partial charge in [-0.25, -0.2) is 9.37 Å². The highest BCUT2D eigenvalue weighted by molar-refractivity contribution is 6.29. The van der Waals surface area contributed by atoms with Crippen LogP contribution in [-0.2, 0) is 11.2 Å². The minimum Gasteiger partial charge on any atom is -0.313 e. The first kappa shape index (κ1) is 22.6. The number of carbonyl (C=O) groups excluding carboxylic acids is 2. The summed E-state index contributed by atoms with van der Waals surface area (Å²) in [5.74, 6) is -0.540. The molecule has 0 unspecified atom stereocenters. The van der Waals surface area contributed by atoms with Gasteiger partial charge in [-0.15, -0.1) is 0 Å². The molecule has 0 saturated heterocycles. The van der Waals surface area contributed by atoms with Gasteiger partial charge in [0, 0.05) is 31.6 Å². The second kappa shape index (κ2) is 9.84. The number of benzene rings is 2. The second-order valence-electron chi connectivity index (χ2n) is 7.37. The number of rotatable bonds is 7. The maximum Gasteiger partial charge on any atom is 0.226 e. The average molecular weight is 439 g/mol. The fourth-order valence-electron chi connectivity index (χ4n) is 3.41. The van der Waals surface area contributed by atoms with Crippen molar-refractivity contribution in [1.82, 2.24) is 4.98 Å². The van der Waals surface area contributed by atoms with Crippen LogP contribution in [0.4, 0.5) is 10.1 Å². The van der Waals surface area contributed by atoms with Gasteiger partial charge < -0.3 is 4.90 Å². The molecule has 0 fully saturated rings. The molecule has 4 nitrogen and oxygen atoms in total. The minimum absolute atomic E-state index is 0.0273. The van der Waals surface area contributed by atoms with E-state index in [-0.39, 0.29) is 17.4 Å². The molecule has 3 aromatic rings. The van der Waals surface area contributed by atoms with Crippen LogP contribution in [0, 0.1) is 12.7 Å². The fourth-order valence-corrected chi connectivity index (χ4v) is 3.52. The molecule has 0 aliphatic carbocycles. The van der Waals surface area contributed by atoms with Crippen molar-refractivity contribution in [2.24, 2.45) is 0 Å². The molecule has 3 rings (SSSR count). The van der Waals surface area contributed by atoms with E-state index in [1.165, 1.54) is 4.90 Å². The average Bonchev–Trinajstić information content (AvgIpc) is 2.79. The molecule has 0 aliphatic heterocycles. The minimum atomic E-state index is -0.418. The second-order valence-corrected chi connectivity index (χ2v) is 7.75. The molecule has 0 bridgehead atoms. The van der Waals surface area contributed by atoms with Gasteiger partial charge in [0.1, 0.15) is 11.0 Å². The molecule has 2 aromatic carbocycles. The Morgan fingerprint density at radius 1 is 1.06 bits per heavy atom. The third kappa shape index (κ3) is 5.17. The summed E-state index contributed by atoms with van der Waals surface area (Å²) < 4.78 is 14.9. The number of aromatic nitrogens is 1. The topological polar surface area (TPSA) is 50.3 Å². The summed E-state index contributed by atoms with van der Waals surface area (Å²) in [7, 11) is 1.57. The van der Waals surface area contributed by atoms with Crippen molar-refractivity contribution in [2.45, 2.75) is 33.1 Å². The van der Waals surface area contributed by atoms with Crippen molar-refractivity contribution in [3.8, 4) is 11.1 Å². The smallest absolute Gasteiger partial charge is 0.226 e. The summed E-state index contributed by atoms with van der Waals surface area (Å²) >= 11 is 5.78. The predicted octanol–water partition coefficient (Wildman–Crippen LogP) is 6.04. The third-order valence-corrected chi connectivity index (χ3v) is 5.57. The number of halogens is 2. The highest BCUT2D eigenvalue weighted by Gasteiger charge is 2.17. The fraction of sp³-hybridized carbons (Fsp3) is 0.240. The van der Waals surface area contributed by atoms with Crippen LogP contribution in [-0.4, -0.2) is 23.7 Å². The van der Waals surface area contributed by atoms with Crippen molar-refractivity contribution >= 4 is 29.0 Å². The van der Waals surface area contributed by atoms with Gasteiger partial charge in [0.25, 0.3) is 0 Å². The molecule has 0 N–H and O–H groups in total. The Bertz CT molecular complexity index is 1100. The van der Waals surface area contributed by atoms with E-state index in [0.717, 1.165) is 16.7 Å². The number of aryl methyl sites for hydroxylation is 1. The zero-order chi connectivity index (χ0) is 22.5. The molecule has 1 heterocycles. The highest BCUT2D eigenvalue weighted by Crippen LogP contribution is 2.31. The molecular formula is C25H24ClFN2O2. The van der Waals surface area contributed by atoms with Crippen LogP contribution in [0.15, 0.2) is 54.7 Å². The number of carbonyl (C=O) groups is 2. The van der Waals surface area contributed by atoms with E-state index < -0.39 is 5.82 Å². The number of nitrogens with zero attached hydrogens (tertiary/aromatic N) is 2. The van der Waals surface area contributed by atoms with Crippen LogP contribution in [0.3, 0.4) is 0 Å². The monoisotopic (exact) mass is 438 g/mol. The maximum atomic E-state index is 14.9. The normalized spacial score (nSPS) is 10.7. The third-order valence-electron chi connectivity index (χ3n) is 5.35. The van der Waals surface area contributed by atoms with Gasteiger partial charge in [-0.2, -0.15) is 0 Å². The number of pyridine rings is 1. The lowest BCUT2D eigenvalue weighted by Crippen LogP contribution is -2.26. The van der Waals surface area contributed by atoms with Crippen molar-refractivity contribution in [3.63, 3.8) is 0 Å². The summed E-state index contributed by atoms with van der Waals surface area (Å²) in [5.41, 5.74) is 3.82. The van der Waals surface area contributed by atoms with E-state index in [0.29, 0.717) is 35.5 Å². The van der Waals surface area contributed by atoms with E-state index in [4.69, 9.17) is 11.6 Å². The Balaban J connectivity index is 1.74. The molecule has 31 heavy (non-hydrogen) atoms. The first-order valence-electron chi connectivity index (χ1n) is 10.1. The quantitative estimate of drug-likeness (QED) is 0.334. The Labute approximate surface area is 186 Å². The molecule has 0 atom stereocenters. The van der Waals surface area contributed by atoms with Crippen LogP contribution < -0.4 is 4.90 Å². The van der Waals surface area contributed by atoms with Crippen molar-refractivity contribution < 1.29 is 14.0 Å². The van der Waals surface area contributed by atoms with Crippen molar-refractivity contribution in [3.05, 3.63) is 82.4 Å². The molecular weight excluding hydrogens is 415 g/mol. The molecule has 1 amide bonds. The molecule has 6 heteroatoms. The lowest BCUT2D eigenvalue weighted by Gasteiger charge is -2.19. The summed E-state index contributed by atoms with van der Waals surface area (Å²) in [4.78, 5) is 29.8. The van der Waals surface area contributed by atoms with E-state index in [9.17, 15) is 14.0 Å². The number of anilines is 1. The van der Waals surface area contributed by atoms with Gasteiger partial charge in [-0.3, -0.25) is 9.59 Å². The standard InChI is InChI=1S/C25H24ClFN2O2/c1-4-24(31)29(3)21-12-11-20(16(2)25(21)27)18-7-9-19(10-8-18)22(30)13-5-17-6-14-23(26)28-15-17/h6-12,14-15H,4-5,13H2,1-3H3. The van der Waals surface area contributed by atoms with E-state index in [1.807, 2.05) is 18.2 Å². The predicted molar refractivity (Wildman–Crippen MR) is 122 cm³/mol. The van der Waals surface area contributed by atoms with Crippen molar-refractivity contribution in [2.75, 3.05) is 11.9 Å². The molecule has 160 valence electrons. The number of Topliss-reactive ketones (excluding diaryl/α,β-unsaturated/α-hetero) is 1. The Kier molecular flexibility index (Phi) is 7.18. The van der Waals surface area contributed by atoms with Crippen LogP contribution in [0.2, 0.25) is 5.15 Å². The molecule has 0 radical (unpaired) electrons. The number of hydrogen-bond acceptors (Lipinski definition) is 3. The molecule has 0 aliphatic rings. The SMILES string of the molecule is CCC(=O)N(C)c1ccc(-c2ccc(C(=O)CCc3ccc(Cl)nc3)cc2)c(C)c1F.